The summed E-state index contributed by atoms with van der Waals surface area (Å²) >= 11 is 1.55. The lowest BCUT2D eigenvalue weighted by molar-refractivity contribution is 0.0786. The van der Waals surface area contributed by atoms with Crippen molar-refractivity contribution < 1.29 is 9.53 Å². The second kappa shape index (κ2) is 5.92. The summed E-state index contributed by atoms with van der Waals surface area (Å²) in [6.45, 7) is 2.48. The number of aromatic nitrogens is 1. The summed E-state index contributed by atoms with van der Waals surface area (Å²) in [5.74, 6) is 0.495. The number of carbonyl (C=O) groups excluding carboxylic acids is 1. The molecule has 0 saturated carbocycles. The molecule has 0 spiro atoms. The summed E-state index contributed by atoms with van der Waals surface area (Å²) in [6, 6.07) is 5.05. The van der Waals surface area contributed by atoms with Gasteiger partial charge in [0.05, 0.1) is 30.5 Å². The van der Waals surface area contributed by atoms with E-state index in [-0.39, 0.29) is 5.91 Å². The van der Waals surface area contributed by atoms with Gasteiger partial charge in [-0.1, -0.05) is 0 Å². The van der Waals surface area contributed by atoms with E-state index in [1.807, 2.05) is 6.92 Å². The van der Waals surface area contributed by atoms with E-state index >= 15 is 0 Å². The molecule has 20 heavy (non-hydrogen) atoms. The van der Waals surface area contributed by atoms with Crippen LogP contribution in [0.4, 0.5) is 5.69 Å². The summed E-state index contributed by atoms with van der Waals surface area (Å²) < 4.78 is 5.08. The number of rotatable bonds is 4. The van der Waals surface area contributed by atoms with Crippen LogP contribution in [0.15, 0.2) is 23.7 Å². The van der Waals surface area contributed by atoms with Gasteiger partial charge < -0.3 is 15.4 Å². The average Bonchev–Trinajstić information content (AvgIpc) is 2.83. The van der Waals surface area contributed by atoms with Gasteiger partial charge in [0, 0.05) is 17.5 Å². The minimum absolute atomic E-state index is 0.0767. The van der Waals surface area contributed by atoms with E-state index < -0.39 is 0 Å². The number of nitrogens with two attached hydrogens (primary N) is 1. The molecule has 0 aliphatic rings. The highest BCUT2D eigenvalue weighted by atomic mass is 32.1. The highest BCUT2D eigenvalue weighted by Gasteiger charge is 2.15. The zero-order valence-electron chi connectivity index (χ0n) is 11.7. The van der Waals surface area contributed by atoms with Crippen molar-refractivity contribution in [1.82, 2.24) is 9.88 Å². The first-order valence-electron chi connectivity index (χ1n) is 6.11. The molecule has 0 saturated heterocycles. The Hall–Kier alpha value is -2.08. The van der Waals surface area contributed by atoms with Crippen LogP contribution in [-0.2, 0) is 6.54 Å². The highest BCUT2D eigenvalue weighted by molar-refractivity contribution is 7.09. The summed E-state index contributed by atoms with van der Waals surface area (Å²) in [7, 11) is 3.31. The monoisotopic (exact) mass is 291 g/mol. The van der Waals surface area contributed by atoms with Crippen LogP contribution >= 0.6 is 11.3 Å². The molecule has 0 bridgehead atoms. The first-order chi connectivity index (χ1) is 9.52. The van der Waals surface area contributed by atoms with Crippen LogP contribution in [0, 0.1) is 6.92 Å². The standard InChI is InChI=1S/C14H17N3O2S/c1-9-13(20-8-16-9)7-17(2)14(18)10-4-5-12(19-3)11(15)6-10/h4-6,8H,7,15H2,1-3H3. The van der Waals surface area contributed by atoms with Crippen molar-refractivity contribution in [3.05, 3.63) is 39.8 Å². The molecule has 1 amide bonds. The van der Waals surface area contributed by atoms with Crippen LogP contribution in [0.3, 0.4) is 0 Å². The minimum atomic E-state index is -0.0767. The van der Waals surface area contributed by atoms with E-state index in [2.05, 4.69) is 4.98 Å². The van der Waals surface area contributed by atoms with Gasteiger partial charge in [-0.25, -0.2) is 4.98 Å². The first kappa shape index (κ1) is 14.3. The second-order valence-electron chi connectivity index (χ2n) is 4.48. The number of aryl methyl sites for hydroxylation is 1. The van der Waals surface area contributed by atoms with Gasteiger partial charge in [-0.3, -0.25) is 4.79 Å². The third kappa shape index (κ3) is 2.91. The van der Waals surface area contributed by atoms with Crippen LogP contribution < -0.4 is 10.5 Å². The molecule has 5 nitrogen and oxygen atoms in total. The Morgan fingerprint density at radius 1 is 1.50 bits per heavy atom. The van der Waals surface area contributed by atoms with Crippen molar-refractivity contribution in [2.45, 2.75) is 13.5 Å². The molecule has 1 aromatic carbocycles. The molecule has 0 atom stereocenters. The van der Waals surface area contributed by atoms with Crippen molar-refractivity contribution in [1.29, 1.82) is 0 Å². The molecule has 106 valence electrons. The van der Waals surface area contributed by atoms with E-state index in [0.29, 0.717) is 23.5 Å². The summed E-state index contributed by atoms with van der Waals surface area (Å²) in [5.41, 5.74) is 9.58. The molecule has 2 N–H and O–H groups in total. The fraction of sp³-hybridized carbons (Fsp3) is 0.286. The summed E-state index contributed by atoms with van der Waals surface area (Å²) in [4.78, 5) is 19.3. The molecule has 0 aliphatic carbocycles. The van der Waals surface area contributed by atoms with Crippen molar-refractivity contribution in [2.75, 3.05) is 19.9 Å². The number of anilines is 1. The highest BCUT2D eigenvalue weighted by Crippen LogP contribution is 2.23. The molecule has 0 fully saturated rings. The Bertz CT molecular complexity index is 625. The van der Waals surface area contributed by atoms with Gasteiger partial charge in [-0.05, 0) is 25.1 Å². The number of hydrogen-bond acceptors (Lipinski definition) is 5. The van der Waals surface area contributed by atoms with E-state index in [1.165, 1.54) is 0 Å². The van der Waals surface area contributed by atoms with E-state index in [0.717, 1.165) is 10.6 Å². The Kier molecular flexibility index (Phi) is 4.24. The maximum atomic E-state index is 12.3. The number of ether oxygens (including phenoxy) is 1. The maximum absolute atomic E-state index is 12.3. The molecule has 2 aromatic rings. The third-order valence-electron chi connectivity index (χ3n) is 3.05. The van der Waals surface area contributed by atoms with Crippen molar-refractivity contribution in [2.24, 2.45) is 0 Å². The second-order valence-corrected chi connectivity index (χ2v) is 5.42. The number of amides is 1. The van der Waals surface area contributed by atoms with Crippen molar-refractivity contribution in [3.63, 3.8) is 0 Å². The van der Waals surface area contributed by atoms with Gasteiger partial charge >= 0.3 is 0 Å². The van der Waals surface area contributed by atoms with Gasteiger partial charge in [-0.15, -0.1) is 11.3 Å². The predicted molar refractivity (Wildman–Crippen MR) is 80.1 cm³/mol. The number of methoxy groups -OCH3 is 1. The van der Waals surface area contributed by atoms with E-state index in [9.17, 15) is 4.79 Å². The SMILES string of the molecule is COc1ccc(C(=O)N(C)Cc2scnc2C)cc1N. The largest absolute Gasteiger partial charge is 0.495 e. The van der Waals surface area contributed by atoms with E-state index in [4.69, 9.17) is 10.5 Å². The van der Waals surface area contributed by atoms with Crippen LogP contribution in [0.2, 0.25) is 0 Å². The zero-order chi connectivity index (χ0) is 14.7. The van der Waals surface area contributed by atoms with Crippen LogP contribution in [0.25, 0.3) is 0 Å². The van der Waals surface area contributed by atoms with Gasteiger partial charge in [0.25, 0.3) is 5.91 Å². The van der Waals surface area contributed by atoms with Gasteiger partial charge in [-0.2, -0.15) is 0 Å². The lowest BCUT2D eigenvalue weighted by Gasteiger charge is -2.17. The Morgan fingerprint density at radius 3 is 2.80 bits per heavy atom. The molecule has 1 aromatic heterocycles. The first-order valence-corrected chi connectivity index (χ1v) is 6.99. The molecule has 1 heterocycles. The van der Waals surface area contributed by atoms with Gasteiger partial charge in [0.1, 0.15) is 5.75 Å². The Labute approximate surface area is 122 Å². The van der Waals surface area contributed by atoms with Crippen LogP contribution in [0.5, 0.6) is 5.75 Å². The zero-order valence-corrected chi connectivity index (χ0v) is 12.5. The fourth-order valence-corrected chi connectivity index (χ4v) is 2.68. The third-order valence-corrected chi connectivity index (χ3v) is 3.97. The minimum Gasteiger partial charge on any atom is -0.495 e. The predicted octanol–water partition coefficient (Wildman–Crippen LogP) is 2.31. The molecular weight excluding hydrogens is 274 g/mol. The summed E-state index contributed by atoms with van der Waals surface area (Å²) in [6.07, 6.45) is 0. The molecular formula is C14H17N3O2S. The number of nitrogens with zero attached hydrogens (tertiary/aromatic N) is 2. The van der Waals surface area contributed by atoms with E-state index in [1.54, 1.807) is 54.1 Å². The quantitative estimate of drug-likeness (QED) is 0.878. The van der Waals surface area contributed by atoms with Crippen LogP contribution in [0.1, 0.15) is 20.9 Å². The van der Waals surface area contributed by atoms with Crippen molar-refractivity contribution in [3.8, 4) is 5.75 Å². The average molecular weight is 291 g/mol. The molecule has 6 heteroatoms. The fourth-order valence-electron chi connectivity index (χ4n) is 1.85. The number of thiazole rings is 1. The van der Waals surface area contributed by atoms with Crippen LogP contribution in [-0.4, -0.2) is 29.9 Å². The number of hydrogen-bond donors (Lipinski definition) is 1. The lowest BCUT2D eigenvalue weighted by Crippen LogP contribution is -2.26. The Morgan fingerprint density at radius 2 is 2.25 bits per heavy atom. The topological polar surface area (TPSA) is 68.5 Å². The molecule has 0 radical (unpaired) electrons. The van der Waals surface area contributed by atoms with Gasteiger partial charge in [0.15, 0.2) is 0 Å². The van der Waals surface area contributed by atoms with Gasteiger partial charge in [0.2, 0.25) is 0 Å². The maximum Gasteiger partial charge on any atom is 0.254 e. The van der Waals surface area contributed by atoms with Crippen molar-refractivity contribution >= 4 is 22.9 Å². The smallest absolute Gasteiger partial charge is 0.254 e. The number of nitrogen functional groups attached to an aromatic ring is 1. The Balaban J connectivity index is 2.14. The molecule has 2 rings (SSSR count). The normalized spacial score (nSPS) is 10.3. The molecule has 0 aliphatic heterocycles. The number of benzene rings is 1. The summed E-state index contributed by atoms with van der Waals surface area (Å²) in [5, 5.41) is 0. The molecule has 0 unspecified atom stereocenters. The lowest BCUT2D eigenvalue weighted by atomic mass is 10.1. The number of carbonyl (C=O) groups is 1.